The highest BCUT2D eigenvalue weighted by Crippen LogP contribution is 1.82. The average Bonchev–Trinajstić information content (AvgIpc) is 2.04. The molecule has 4 nitrogen and oxygen atoms in total. The van der Waals surface area contributed by atoms with E-state index in [1.807, 2.05) is 6.92 Å². The quantitative estimate of drug-likeness (QED) is 0.562. The lowest BCUT2D eigenvalue weighted by molar-refractivity contribution is -0.119. The van der Waals surface area contributed by atoms with Gasteiger partial charge in [-0.1, -0.05) is 0 Å². The maximum absolute atomic E-state index is 10.7. The molecule has 1 atom stereocenters. The van der Waals surface area contributed by atoms with E-state index in [-0.39, 0.29) is 12.0 Å². The predicted molar refractivity (Wildman–Crippen MR) is 43.4 cm³/mol. The summed E-state index contributed by atoms with van der Waals surface area (Å²) < 4.78 is 4.97. The maximum atomic E-state index is 10.7. The first kappa shape index (κ1) is 10.4. The fourth-order valence-electron chi connectivity index (χ4n) is 0.561. The molecule has 0 saturated carbocycles. The van der Waals surface area contributed by atoms with Crippen molar-refractivity contribution in [2.75, 3.05) is 27.2 Å². The van der Waals surface area contributed by atoms with Crippen LogP contribution in [0.4, 0.5) is 0 Å². The zero-order valence-electron chi connectivity index (χ0n) is 7.31. The summed E-state index contributed by atoms with van der Waals surface area (Å²) >= 11 is 0. The van der Waals surface area contributed by atoms with Crippen LogP contribution in [0.25, 0.3) is 0 Å². The second kappa shape index (κ2) is 6.12. The summed E-state index contributed by atoms with van der Waals surface area (Å²) in [6, 6.07) is 0. The molecular formula is C7H16N2O2. The Morgan fingerprint density at radius 3 is 2.73 bits per heavy atom. The highest BCUT2D eigenvalue weighted by Gasteiger charge is 1.99. The summed E-state index contributed by atoms with van der Waals surface area (Å²) in [7, 11) is 3.26. The van der Waals surface area contributed by atoms with Crippen LogP contribution >= 0.6 is 0 Å². The van der Waals surface area contributed by atoms with Crippen molar-refractivity contribution in [2.45, 2.75) is 13.0 Å². The van der Waals surface area contributed by atoms with Crippen LogP contribution in [0.3, 0.4) is 0 Å². The number of amides is 1. The van der Waals surface area contributed by atoms with E-state index in [2.05, 4.69) is 10.6 Å². The van der Waals surface area contributed by atoms with Gasteiger partial charge in [0.15, 0.2) is 0 Å². The van der Waals surface area contributed by atoms with E-state index in [0.717, 1.165) is 0 Å². The molecule has 0 radical (unpaired) electrons. The van der Waals surface area contributed by atoms with Gasteiger partial charge in [0.1, 0.15) is 0 Å². The zero-order valence-corrected chi connectivity index (χ0v) is 7.31. The monoisotopic (exact) mass is 160 g/mol. The van der Waals surface area contributed by atoms with E-state index in [9.17, 15) is 4.79 Å². The third-order valence-electron chi connectivity index (χ3n) is 1.40. The van der Waals surface area contributed by atoms with Crippen LogP contribution in [-0.4, -0.2) is 39.3 Å². The third-order valence-corrected chi connectivity index (χ3v) is 1.40. The Balaban J connectivity index is 3.20. The largest absolute Gasteiger partial charge is 0.380 e. The fourth-order valence-corrected chi connectivity index (χ4v) is 0.561. The molecule has 0 aliphatic heterocycles. The van der Waals surface area contributed by atoms with Crippen molar-refractivity contribution in [1.29, 1.82) is 0 Å². The molecule has 0 spiro atoms. The number of ether oxygens (including phenoxy) is 1. The molecule has 2 N–H and O–H groups in total. The molecule has 66 valence electrons. The Morgan fingerprint density at radius 1 is 1.64 bits per heavy atom. The Morgan fingerprint density at radius 2 is 2.27 bits per heavy atom. The summed E-state index contributed by atoms with van der Waals surface area (Å²) in [4.78, 5) is 10.7. The van der Waals surface area contributed by atoms with Gasteiger partial charge < -0.3 is 15.4 Å². The van der Waals surface area contributed by atoms with Gasteiger partial charge in [0, 0.05) is 20.7 Å². The second-order valence-corrected chi connectivity index (χ2v) is 2.35. The van der Waals surface area contributed by atoms with Gasteiger partial charge in [-0.3, -0.25) is 4.79 Å². The molecule has 0 heterocycles. The van der Waals surface area contributed by atoms with Crippen molar-refractivity contribution in [1.82, 2.24) is 10.6 Å². The number of carbonyl (C=O) groups is 1. The summed E-state index contributed by atoms with van der Waals surface area (Å²) in [6.07, 6.45) is 0.152. The molecule has 0 saturated heterocycles. The molecular weight excluding hydrogens is 144 g/mol. The Hall–Kier alpha value is -0.610. The van der Waals surface area contributed by atoms with Gasteiger partial charge in [-0.25, -0.2) is 0 Å². The van der Waals surface area contributed by atoms with Crippen LogP contribution < -0.4 is 10.6 Å². The standard InChI is InChI=1S/C7H16N2O2/c1-6(11-3)4-9-5-7(10)8-2/h6,9H,4-5H2,1-3H3,(H,8,10). The second-order valence-electron chi connectivity index (χ2n) is 2.35. The first-order valence-corrected chi connectivity index (χ1v) is 3.64. The number of rotatable bonds is 5. The van der Waals surface area contributed by atoms with E-state index < -0.39 is 0 Å². The van der Waals surface area contributed by atoms with Gasteiger partial charge in [-0.05, 0) is 6.92 Å². The Labute approximate surface area is 67.3 Å². The summed E-state index contributed by atoms with van der Waals surface area (Å²) in [5, 5.41) is 5.46. The van der Waals surface area contributed by atoms with E-state index in [1.54, 1.807) is 14.2 Å². The molecule has 0 aromatic carbocycles. The SMILES string of the molecule is CNC(=O)CNCC(C)OC. The van der Waals surface area contributed by atoms with E-state index in [1.165, 1.54) is 0 Å². The minimum atomic E-state index is -0.00620. The molecule has 1 unspecified atom stereocenters. The van der Waals surface area contributed by atoms with Crippen LogP contribution in [-0.2, 0) is 9.53 Å². The van der Waals surface area contributed by atoms with Gasteiger partial charge in [-0.15, -0.1) is 0 Å². The van der Waals surface area contributed by atoms with Crippen molar-refractivity contribution in [3.63, 3.8) is 0 Å². The van der Waals surface area contributed by atoms with Gasteiger partial charge in [0.05, 0.1) is 12.6 Å². The fraction of sp³-hybridized carbons (Fsp3) is 0.857. The summed E-state index contributed by atoms with van der Waals surface area (Å²) in [5.74, 6) is -0.00620. The van der Waals surface area contributed by atoms with Crippen LogP contribution in [0.2, 0.25) is 0 Å². The molecule has 0 aliphatic carbocycles. The number of likely N-dealkylation sites (N-methyl/N-ethyl adjacent to an activating group) is 1. The molecule has 0 fully saturated rings. The Bertz CT molecular complexity index is 117. The minimum Gasteiger partial charge on any atom is -0.380 e. The van der Waals surface area contributed by atoms with Crippen molar-refractivity contribution >= 4 is 5.91 Å². The van der Waals surface area contributed by atoms with E-state index >= 15 is 0 Å². The average molecular weight is 160 g/mol. The van der Waals surface area contributed by atoms with E-state index in [0.29, 0.717) is 13.1 Å². The maximum Gasteiger partial charge on any atom is 0.233 e. The molecule has 1 amide bonds. The first-order chi connectivity index (χ1) is 5.20. The smallest absolute Gasteiger partial charge is 0.233 e. The molecule has 0 aliphatic rings. The zero-order chi connectivity index (χ0) is 8.69. The van der Waals surface area contributed by atoms with Gasteiger partial charge in [-0.2, -0.15) is 0 Å². The number of carbonyl (C=O) groups excluding carboxylic acids is 1. The summed E-state index contributed by atoms with van der Waals surface area (Å²) in [5.41, 5.74) is 0. The molecule has 4 heteroatoms. The Kier molecular flexibility index (Phi) is 5.78. The molecule has 0 aromatic heterocycles. The van der Waals surface area contributed by atoms with Crippen LogP contribution in [0.1, 0.15) is 6.92 Å². The molecule has 0 rings (SSSR count). The minimum absolute atomic E-state index is 0.00620. The van der Waals surface area contributed by atoms with Crippen molar-refractivity contribution in [3.05, 3.63) is 0 Å². The van der Waals surface area contributed by atoms with Gasteiger partial charge >= 0.3 is 0 Å². The normalized spacial score (nSPS) is 12.6. The topological polar surface area (TPSA) is 50.4 Å². The number of methoxy groups -OCH3 is 1. The van der Waals surface area contributed by atoms with Crippen molar-refractivity contribution in [3.8, 4) is 0 Å². The van der Waals surface area contributed by atoms with E-state index in [4.69, 9.17) is 4.74 Å². The van der Waals surface area contributed by atoms with Crippen LogP contribution in [0.15, 0.2) is 0 Å². The molecule has 11 heavy (non-hydrogen) atoms. The van der Waals surface area contributed by atoms with Crippen LogP contribution in [0, 0.1) is 0 Å². The van der Waals surface area contributed by atoms with Gasteiger partial charge in [0.25, 0.3) is 0 Å². The first-order valence-electron chi connectivity index (χ1n) is 3.64. The number of hydrogen-bond acceptors (Lipinski definition) is 3. The lowest BCUT2D eigenvalue weighted by Crippen LogP contribution is -2.35. The summed E-state index contributed by atoms with van der Waals surface area (Å²) in [6.45, 7) is 2.99. The lowest BCUT2D eigenvalue weighted by atomic mass is 10.4. The third kappa shape index (κ3) is 5.82. The number of nitrogens with one attached hydrogen (secondary N) is 2. The van der Waals surface area contributed by atoms with Crippen molar-refractivity contribution < 1.29 is 9.53 Å². The molecule has 0 bridgehead atoms. The number of hydrogen-bond donors (Lipinski definition) is 2. The highest BCUT2D eigenvalue weighted by atomic mass is 16.5. The lowest BCUT2D eigenvalue weighted by Gasteiger charge is -2.09. The van der Waals surface area contributed by atoms with Gasteiger partial charge in [0.2, 0.25) is 5.91 Å². The van der Waals surface area contributed by atoms with Crippen molar-refractivity contribution in [2.24, 2.45) is 0 Å². The molecule has 0 aromatic rings. The highest BCUT2D eigenvalue weighted by molar-refractivity contribution is 5.77. The predicted octanol–water partition coefficient (Wildman–Crippen LogP) is -0.643. The van der Waals surface area contributed by atoms with Crippen LogP contribution in [0.5, 0.6) is 0 Å².